The van der Waals surface area contributed by atoms with E-state index >= 15 is 0 Å². The summed E-state index contributed by atoms with van der Waals surface area (Å²) in [5.41, 5.74) is 12.5. The molecular weight excluding hydrogens is 290 g/mol. The average Bonchev–Trinajstić information content (AvgIpc) is 2.29. The summed E-state index contributed by atoms with van der Waals surface area (Å²) >= 11 is 0. The molecule has 0 aromatic heterocycles. The van der Waals surface area contributed by atoms with Crippen LogP contribution >= 0.6 is 0 Å². The van der Waals surface area contributed by atoms with E-state index in [4.69, 9.17) is 29.0 Å². The molecule has 9 nitrogen and oxygen atoms in total. The fourth-order valence-electron chi connectivity index (χ4n) is 1.47. The minimum absolute atomic E-state index is 0.145. The number of rotatable bonds is 5. The Kier molecular flexibility index (Phi) is 7.87. The van der Waals surface area contributed by atoms with Crippen molar-refractivity contribution in [1.29, 1.82) is 0 Å². The van der Waals surface area contributed by atoms with Gasteiger partial charge in [0.2, 0.25) is 0 Å². The van der Waals surface area contributed by atoms with Gasteiger partial charge in [-0.3, -0.25) is 19.2 Å². The van der Waals surface area contributed by atoms with Crippen LogP contribution in [0.4, 0.5) is 5.69 Å². The molecule has 1 rings (SSSR count). The molecule has 0 radical (unpaired) electrons. The van der Waals surface area contributed by atoms with Gasteiger partial charge in [-0.05, 0) is 31.5 Å². The maximum Gasteiger partial charge on any atom is 0.394 e. The monoisotopic (exact) mass is 307 g/mol. The molecule has 0 heterocycles. The summed E-state index contributed by atoms with van der Waals surface area (Å²) < 4.78 is 31.6. The van der Waals surface area contributed by atoms with Gasteiger partial charge in [-0.2, -0.15) is 8.42 Å². The van der Waals surface area contributed by atoms with E-state index in [0.29, 0.717) is 31.5 Å². The van der Waals surface area contributed by atoms with Crippen LogP contribution in [0.3, 0.4) is 0 Å². The summed E-state index contributed by atoms with van der Waals surface area (Å²) in [5.74, 6) is 0. The van der Waals surface area contributed by atoms with Gasteiger partial charge in [-0.15, -0.1) is 0 Å². The second-order valence-corrected chi connectivity index (χ2v) is 4.64. The maximum atomic E-state index is 10.8. The highest BCUT2D eigenvalue weighted by atomic mass is 32.3. The summed E-state index contributed by atoms with van der Waals surface area (Å²) in [6, 6.07) is 5.21. The van der Waals surface area contributed by atoms with Crippen LogP contribution in [0.15, 0.2) is 18.2 Å². The molecule has 0 spiro atoms. The Morgan fingerprint density at radius 3 is 2.05 bits per heavy atom. The lowest BCUT2D eigenvalue weighted by Crippen LogP contribution is -2.07. The Bertz CT molecular complexity index is 538. The third-order valence-electron chi connectivity index (χ3n) is 2.19. The summed E-state index contributed by atoms with van der Waals surface area (Å²) in [6.07, 6.45) is 1.18. The molecule has 0 aliphatic heterocycles. The molecule has 0 amide bonds. The van der Waals surface area contributed by atoms with E-state index in [1.807, 2.05) is 6.07 Å². The van der Waals surface area contributed by atoms with Gasteiger partial charge in [-0.1, -0.05) is 12.1 Å². The second-order valence-electron chi connectivity index (χ2n) is 3.75. The van der Waals surface area contributed by atoms with Crippen molar-refractivity contribution in [3.05, 3.63) is 39.4 Å². The van der Waals surface area contributed by atoms with Crippen molar-refractivity contribution in [3.63, 3.8) is 0 Å². The molecule has 10 heteroatoms. The van der Waals surface area contributed by atoms with Crippen LogP contribution in [0, 0.1) is 10.1 Å². The first-order valence-corrected chi connectivity index (χ1v) is 6.95. The Morgan fingerprint density at radius 2 is 1.65 bits per heavy atom. The lowest BCUT2D eigenvalue weighted by molar-refractivity contribution is -0.385. The first-order chi connectivity index (χ1) is 9.19. The third kappa shape index (κ3) is 8.50. The van der Waals surface area contributed by atoms with Gasteiger partial charge in [-0.25, -0.2) is 0 Å². The van der Waals surface area contributed by atoms with Gasteiger partial charge in [0.15, 0.2) is 0 Å². The zero-order chi connectivity index (χ0) is 15.8. The lowest BCUT2D eigenvalue weighted by atomic mass is 10.0. The first kappa shape index (κ1) is 18.4. The van der Waals surface area contributed by atoms with Crippen LogP contribution in [-0.2, 0) is 23.2 Å². The van der Waals surface area contributed by atoms with Crippen molar-refractivity contribution in [2.75, 3.05) is 13.1 Å². The molecule has 0 aliphatic rings. The summed E-state index contributed by atoms with van der Waals surface area (Å²) in [6.45, 7) is 0.907. The fraction of sp³-hybridized carbons (Fsp3) is 0.400. The minimum Gasteiger partial charge on any atom is -0.330 e. The fourth-order valence-corrected chi connectivity index (χ4v) is 1.47. The number of hydrogen-bond donors (Lipinski definition) is 4. The van der Waals surface area contributed by atoms with Crippen molar-refractivity contribution in [3.8, 4) is 0 Å². The highest BCUT2D eigenvalue weighted by Crippen LogP contribution is 2.20. The van der Waals surface area contributed by atoms with E-state index < -0.39 is 10.4 Å². The maximum absolute atomic E-state index is 10.8. The van der Waals surface area contributed by atoms with Gasteiger partial charge in [0.25, 0.3) is 5.69 Å². The van der Waals surface area contributed by atoms with E-state index in [1.165, 1.54) is 0 Å². The number of benzene rings is 1. The molecule has 0 bridgehead atoms. The Balaban J connectivity index is 0.000000621. The zero-order valence-electron chi connectivity index (χ0n) is 10.6. The minimum atomic E-state index is -4.67. The first-order valence-electron chi connectivity index (χ1n) is 5.55. The molecule has 0 atom stereocenters. The zero-order valence-corrected chi connectivity index (χ0v) is 11.4. The van der Waals surface area contributed by atoms with E-state index in [2.05, 4.69) is 0 Å². The van der Waals surface area contributed by atoms with Gasteiger partial charge in [0.1, 0.15) is 0 Å². The molecule has 0 unspecified atom stereocenters. The number of nitro groups is 1. The van der Waals surface area contributed by atoms with Crippen LogP contribution in [0.1, 0.15) is 11.1 Å². The van der Waals surface area contributed by atoms with Crippen molar-refractivity contribution in [1.82, 2.24) is 0 Å². The number of hydrogen-bond acceptors (Lipinski definition) is 6. The van der Waals surface area contributed by atoms with Crippen LogP contribution in [0.5, 0.6) is 0 Å². The molecule has 1 aromatic rings. The SMILES string of the molecule is NCCc1ccc(CCN)c([N+](=O)[O-])c1.O=S(=O)(O)O. The van der Waals surface area contributed by atoms with Crippen molar-refractivity contribution in [2.24, 2.45) is 11.5 Å². The largest absolute Gasteiger partial charge is 0.394 e. The number of nitro benzene ring substituents is 1. The number of nitrogens with two attached hydrogens (primary N) is 2. The Hall–Kier alpha value is -1.59. The van der Waals surface area contributed by atoms with Crippen LogP contribution in [-0.4, -0.2) is 35.5 Å². The molecular formula is C10H17N3O6S. The topological polar surface area (TPSA) is 170 Å². The average molecular weight is 307 g/mol. The van der Waals surface area contributed by atoms with E-state index in [1.54, 1.807) is 12.1 Å². The molecule has 1 aromatic carbocycles. The van der Waals surface area contributed by atoms with Gasteiger partial charge >= 0.3 is 10.4 Å². The Labute approximate surface area is 116 Å². The van der Waals surface area contributed by atoms with Crippen molar-refractivity contribution >= 4 is 16.1 Å². The molecule has 0 saturated heterocycles. The summed E-state index contributed by atoms with van der Waals surface area (Å²) in [5, 5.41) is 10.8. The molecule has 0 saturated carbocycles. The molecule has 0 aliphatic carbocycles. The van der Waals surface area contributed by atoms with Crippen molar-refractivity contribution < 1.29 is 22.4 Å². The molecule has 6 N–H and O–H groups in total. The molecule has 114 valence electrons. The van der Waals surface area contributed by atoms with Crippen LogP contribution in [0.25, 0.3) is 0 Å². The standard InChI is InChI=1S/C10H15N3O2.H2O4S/c11-5-3-8-1-2-9(4-6-12)10(7-8)13(14)15;1-5(2,3)4/h1-2,7H,3-6,11-12H2;(H2,1,2,3,4). The summed E-state index contributed by atoms with van der Waals surface area (Å²) in [4.78, 5) is 10.4. The predicted molar refractivity (Wildman–Crippen MR) is 72.8 cm³/mol. The van der Waals surface area contributed by atoms with Gasteiger partial charge in [0.05, 0.1) is 4.92 Å². The predicted octanol–water partition coefficient (Wildman–Crippen LogP) is -0.0556. The highest BCUT2D eigenvalue weighted by molar-refractivity contribution is 7.79. The van der Waals surface area contributed by atoms with Gasteiger partial charge < -0.3 is 11.5 Å². The van der Waals surface area contributed by atoms with E-state index in [9.17, 15) is 10.1 Å². The van der Waals surface area contributed by atoms with E-state index in [-0.39, 0.29) is 10.6 Å². The third-order valence-corrected chi connectivity index (χ3v) is 2.19. The quantitative estimate of drug-likeness (QED) is 0.333. The number of nitrogens with zero attached hydrogens (tertiary/aromatic N) is 1. The van der Waals surface area contributed by atoms with Crippen molar-refractivity contribution in [2.45, 2.75) is 12.8 Å². The normalized spacial score (nSPS) is 10.6. The lowest BCUT2D eigenvalue weighted by Gasteiger charge is -2.04. The summed E-state index contributed by atoms with van der Waals surface area (Å²) in [7, 11) is -4.67. The highest BCUT2D eigenvalue weighted by Gasteiger charge is 2.13. The second kappa shape index (κ2) is 8.55. The van der Waals surface area contributed by atoms with Gasteiger partial charge in [0, 0.05) is 11.6 Å². The molecule has 0 fully saturated rings. The molecule has 20 heavy (non-hydrogen) atoms. The van der Waals surface area contributed by atoms with E-state index in [0.717, 1.165) is 5.56 Å². The Morgan fingerprint density at radius 1 is 1.15 bits per heavy atom. The smallest absolute Gasteiger partial charge is 0.330 e. The van der Waals surface area contributed by atoms with Crippen LogP contribution < -0.4 is 11.5 Å². The van der Waals surface area contributed by atoms with Crippen LogP contribution in [0.2, 0.25) is 0 Å².